The maximum atomic E-state index is 6.05. The van der Waals surface area contributed by atoms with E-state index in [9.17, 15) is 0 Å². The van der Waals surface area contributed by atoms with Gasteiger partial charge in [0.1, 0.15) is 5.82 Å². The van der Waals surface area contributed by atoms with Crippen molar-refractivity contribution in [3.63, 3.8) is 0 Å². The van der Waals surface area contributed by atoms with E-state index in [2.05, 4.69) is 38.4 Å². The lowest BCUT2D eigenvalue weighted by Gasteiger charge is -2.18. The Morgan fingerprint density at radius 2 is 2.05 bits per heavy atom. The molecule has 0 saturated heterocycles. The number of hydrogen-bond donors (Lipinski definition) is 1. The zero-order chi connectivity index (χ0) is 13.7. The van der Waals surface area contributed by atoms with Crippen molar-refractivity contribution < 1.29 is 0 Å². The predicted molar refractivity (Wildman–Crippen MR) is 85.0 cm³/mol. The van der Waals surface area contributed by atoms with Crippen molar-refractivity contribution in [2.75, 3.05) is 11.2 Å². The molecule has 0 radical (unpaired) electrons. The maximum absolute atomic E-state index is 6.05. The average Bonchev–Trinajstić information content (AvgIpc) is 2.42. The fraction of sp³-hybridized carbons (Fsp3) is 0.267. The normalized spacial score (nSPS) is 12.2. The summed E-state index contributed by atoms with van der Waals surface area (Å²) in [6, 6.07) is 12.5. The van der Waals surface area contributed by atoms with Gasteiger partial charge in [-0.3, -0.25) is 0 Å². The number of nitrogens with zero attached hydrogens (tertiary/aromatic N) is 1. The van der Waals surface area contributed by atoms with Crippen LogP contribution in [0.4, 0.5) is 5.82 Å². The minimum Gasteiger partial charge on any atom is -0.365 e. The van der Waals surface area contributed by atoms with E-state index < -0.39 is 0 Å². The number of benzene rings is 1. The molecule has 1 unspecified atom stereocenters. The summed E-state index contributed by atoms with van der Waals surface area (Å²) in [5.41, 5.74) is 2.40. The largest absolute Gasteiger partial charge is 0.365 e. The first kappa shape index (κ1) is 14.4. The molecule has 0 bridgehead atoms. The van der Waals surface area contributed by atoms with Crippen LogP contribution in [0.3, 0.4) is 0 Å². The zero-order valence-corrected chi connectivity index (χ0v) is 13.1. The van der Waals surface area contributed by atoms with E-state index in [1.165, 1.54) is 5.56 Å². The molecular weight excluding hydrogens is 324 g/mol. The molecule has 0 amide bonds. The van der Waals surface area contributed by atoms with Crippen LogP contribution >= 0.6 is 27.5 Å². The Morgan fingerprint density at radius 3 is 2.68 bits per heavy atom. The lowest BCUT2D eigenvalue weighted by molar-refractivity contribution is 0.790. The highest BCUT2D eigenvalue weighted by Gasteiger charge is 2.11. The summed E-state index contributed by atoms with van der Waals surface area (Å²) in [4.78, 5) is 4.39. The van der Waals surface area contributed by atoms with Crippen molar-refractivity contribution in [2.24, 2.45) is 0 Å². The van der Waals surface area contributed by atoms with Gasteiger partial charge in [0.2, 0.25) is 0 Å². The van der Waals surface area contributed by atoms with Crippen LogP contribution < -0.4 is 5.32 Å². The highest BCUT2D eigenvalue weighted by Crippen LogP contribution is 2.22. The number of pyridine rings is 1. The molecule has 1 aromatic carbocycles. The third-order valence-electron chi connectivity index (χ3n) is 2.83. The molecule has 0 spiro atoms. The van der Waals surface area contributed by atoms with E-state index in [1.807, 2.05) is 37.4 Å². The minimum atomic E-state index is 0.163. The molecule has 2 aromatic rings. The SMILES string of the molecule is Cc1cnc(NC(CCl)Cc2ccccc2)c(Br)c1. The van der Waals surface area contributed by atoms with E-state index in [4.69, 9.17) is 11.6 Å². The third kappa shape index (κ3) is 4.22. The molecule has 0 aliphatic carbocycles. The minimum absolute atomic E-state index is 0.163. The second-order valence-electron chi connectivity index (χ2n) is 4.53. The van der Waals surface area contributed by atoms with Gasteiger partial charge in [0.15, 0.2) is 0 Å². The van der Waals surface area contributed by atoms with Crippen LogP contribution in [0.5, 0.6) is 0 Å². The molecule has 0 fully saturated rings. The molecule has 100 valence electrons. The lowest BCUT2D eigenvalue weighted by atomic mass is 10.1. The summed E-state index contributed by atoms with van der Waals surface area (Å²) in [7, 11) is 0. The van der Waals surface area contributed by atoms with Gasteiger partial charge >= 0.3 is 0 Å². The Bertz CT molecular complexity index is 531. The smallest absolute Gasteiger partial charge is 0.140 e. The monoisotopic (exact) mass is 338 g/mol. The second kappa shape index (κ2) is 6.92. The number of nitrogens with one attached hydrogen (secondary N) is 1. The fourth-order valence-electron chi connectivity index (χ4n) is 1.88. The molecule has 1 aromatic heterocycles. The molecule has 1 atom stereocenters. The molecule has 19 heavy (non-hydrogen) atoms. The molecule has 0 saturated carbocycles. The predicted octanol–water partition coefficient (Wildman–Crippen LogP) is 4.41. The molecule has 2 rings (SSSR count). The lowest BCUT2D eigenvalue weighted by Crippen LogP contribution is -2.24. The Labute approximate surface area is 127 Å². The van der Waals surface area contributed by atoms with E-state index in [0.717, 1.165) is 22.3 Å². The van der Waals surface area contributed by atoms with Crippen LogP contribution in [-0.2, 0) is 6.42 Å². The quantitative estimate of drug-likeness (QED) is 0.816. The van der Waals surface area contributed by atoms with Crippen LogP contribution in [0.15, 0.2) is 47.1 Å². The van der Waals surface area contributed by atoms with Gasteiger partial charge in [-0.15, -0.1) is 11.6 Å². The van der Waals surface area contributed by atoms with Gasteiger partial charge in [-0.25, -0.2) is 4.98 Å². The van der Waals surface area contributed by atoms with Gasteiger partial charge in [-0.1, -0.05) is 30.3 Å². The first-order valence-corrected chi connectivity index (χ1v) is 7.50. The van der Waals surface area contributed by atoms with E-state index in [-0.39, 0.29) is 6.04 Å². The second-order valence-corrected chi connectivity index (χ2v) is 5.69. The number of aryl methyl sites for hydroxylation is 1. The summed E-state index contributed by atoms with van der Waals surface area (Å²) in [6.45, 7) is 2.02. The van der Waals surface area contributed by atoms with E-state index in [0.29, 0.717) is 5.88 Å². The molecule has 1 heterocycles. The Hall–Kier alpha value is -1.06. The molecule has 0 aliphatic rings. The number of hydrogen-bond acceptors (Lipinski definition) is 2. The first-order valence-electron chi connectivity index (χ1n) is 6.17. The highest BCUT2D eigenvalue weighted by atomic mass is 79.9. The summed E-state index contributed by atoms with van der Waals surface area (Å²) in [6.07, 6.45) is 2.73. The molecule has 2 nitrogen and oxygen atoms in total. The van der Waals surface area contributed by atoms with Gasteiger partial charge in [-0.05, 0) is 46.5 Å². The standard InChI is InChI=1S/C15H16BrClN2/c1-11-7-14(16)15(18-10-11)19-13(9-17)8-12-5-3-2-4-6-12/h2-7,10,13H,8-9H2,1H3,(H,18,19). The average molecular weight is 340 g/mol. The van der Waals surface area contributed by atoms with E-state index >= 15 is 0 Å². The van der Waals surface area contributed by atoms with Gasteiger partial charge in [0, 0.05) is 18.1 Å². The number of halogens is 2. The molecule has 4 heteroatoms. The third-order valence-corrected chi connectivity index (χ3v) is 3.81. The summed E-state index contributed by atoms with van der Waals surface area (Å²) >= 11 is 9.57. The topological polar surface area (TPSA) is 24.9 Å². The summed E-state index contributed by atoms with van der Waals surface area (Å²) in [5.74, 6) is 1.38. The maximum Gasteiger partial charge on any atom is 0.140 e. The van der Waals surface area contributed by atoms with Crippen molar-refractivity contribution in [1.29, 1.82) is 0 Å². The van der Waals surface area contributed by atoms with Crippen molar-refractivity contribution in [3.8, 4) is 0 Å². The number of aromatic nitrogens is 1. The highest BCUT2D eigenvalue weighted by molar-refractivity contribution is 9.10. The van der Waals surface area contributed by atoms with E-state index in [1.54, 1.807) is 0 Å². The number of anilines is 1. The van der Waals surface area contributed by atoms with Crippen molar-refractivity contribution in [2.45, 2.75) is 19.4 Å². The van der Waals surface area contributed by atoms with Gasteiger partial charge < -0.3 is 5.32 Å². The van der Waals surface area contributed by atoms with Crippen molar-refractivity contribution in [1.82, 2.24) is 4.98 Å². The van der Waals surface area contributed by atoms with Crippen molar-refractivity contribution in [3.05, 3.63) is 58.2 Å². The number of rotatable bonds is 5. The van der Waals surface area contributed by atoms with Crippen LogP contribution in [0.2, 0.25) is 0 Å². The van der Waals surface area contributed by atoms with Crippen LogP contribution in [0, 0.1) is 6.92 Å². The van der Waals surface area contributed by atoms with Crippen LogP contribution in [0.25, 0.3) is 0 Å². The van der Waals surface area contributed by atoms with Gasteiger partial charge in [-0.2, -0.15) is 0 Å². The molecular formula is C15H16BrClN2. The van der Waals surface area contributed by atoms with Crippen LogP contribution in [0.1, 0.15) is 11.1 Å². The Morgan fingerprint density at radius 1 is 1.32 bits per heavy atom. The summed E-state index contributed by atoms with van der Waals surface area (Å²) < 4.78 is 0.968. The molecule has 0 aliphatic heterocycles. The van der Waals surface area contributed by atoms with Gasteiger partial charge in [0.05, 0.1) is 4.47 Å². The first-order chi connectivity index (χ1) is 9.19. The van der Waals surface area contributed by atoms with Gasteiger partial charge in [0.25, 0.3) is 0 Å². The number of alkyl halides is 1. The summed E-state index contributed by atoms with van der Waals surface area (Å²) in [5, 5.41) is 3.38. The Kier molecular flexibility index (Phi) is 5.23. The van der Waals surface area contributed by atoms with Crippen LogP contribution in [-0.4, -0.2) is 16.9 Å². The fourth-order valence-corrected chi connectivity index (χ4v) is 2.64. The van der Waals surface area contributed by atoms with Crippen molar-refractivity contribution >= 4 is 33.3 Å². The molecule has 1 N–H and O–H groups in total. The Balaban J connectivity index is 2.06. The zero-order valence-electron chi connectivity index (χ0n) is 10.7.